The van der Waals surface area contributed by atoms with E-state index in [0.29, 0.717) is 11.4 Å². The number of halogens is 1. The highest BCUT2D eigenvalue weighted by atomic mass is 79.9. The molecule has 9 heteroatoms. The number of nitrogens with one attached hydrogen (secondary N) is 1. The van der Waals surface area contributed by atoms with Crippen molar-refractivity contribution in [1.29, 1.82) is 0 Å². The average Bonchev–Trinajstić information content (AvgIpc) is 3.34. The monoisotopic (exact) mass is 443 g/mol. The van der Waals surface area contributed by atoms with E-state index < -0.39 is 4.92 Å². The summed E-state index contributed by atoms with van der Waals surface area (Å²) in [5.74, 6) is -0.366. The first-order valence-electron chi connectivity index (χ1n) is 8.96. The van der Waals surface area contributed by atoms with Crippen molar-refractivity contribution in [3.63, 3.8) is 0 Å². The highest BCUT2D eigenvalue weighted by Crippen LogP contribution is 2.31. The molecule has 1 amide bonds. The van der Waals surface area contributed by atoms with Crippen LogP contribution in [-0.2, 0) is 6.54 Å². The van der Waals surface area contributed by atoms with Gasteiger partial charge < -0.3 is 14.6 Å². The number of hydrogen-bond acceptors (Lipinski definition) is 5. The fourth-order valence-corrected chi connectivity index (χ4v) is 3.76. The molecule has 2 aromatic heterocycles. The number of anilines is 1. The molecular weight excluding hydrogens is 426 g/mol. The largest absolute Gasteiger partial charge is 0.366 e. The van der Waals surface area contributed by atoms with Crippen LogP contribution in [0.15, 0.2) is 47.2 Å². The zero-order valence-corrected chi connectivity index (χ0v) is 16.6. The Labute approximate surface area is 169 Å². The number of amides is 1. The predicted molar refractivity (Wildman–Crippen MR) is 109 cm³/mol. The molecule has 3 aromatic rings. The fraction of sp³-hybridized carbons (Fsp3) is 0.263. The van der Waals surface area contributed by atoms with Gasteiger partial charge in [0.1, 0.15) is 11.3 Å². The van der Waals surface area contributed by atoms with Gasteiger partial charge >= 0.3 is 0 Å². The van der Waals surface area contributed by atoms with E-state index in [-0.39, 0.29) is 23.7 Å². The molecule has 1 saturated heterocycles. The summed E-state index contributed by atoms with van der Waals surface area (Å²) in [6.07, 6.45) is 5.76. The van der Waals surface area contributed by atoms with Crippen LogP contribution in [0.5, 0.6) is 0 Å². The topological polar surface area (TPSA) is 92.8 Å². The van der Waals surface area contributed by atoms with Crippen molar-refractivity contribution in [2.75, 3.05) is 18.0 Å². The van der Waals surface area contributed by atoms with Crippen LogP contribution in [0, 0.1) is 10.1 Å². The summed E-state index contributed by atoms with van der Waals surface area (Å²) in [6.45, 7) is 1.84. The van der Waals surface area contributed by atoms with Crippen LogP contribution in [-0.4, -0.2) is 33.3 Å². The molecule has 0 bridgehead atoms. The molecule has 0 atom stereocenters. The van der Waals surface area contributed by atoms with Crippen molar-refractivity contribution in [1.82, 2.24) is 14.7 Å². The highest BCUT2D eigenvalue weighted by molar-refractivity contribution is 9.10. The molecular formula is C19H18BrN5O3. The lowest BCUT2D eigenvalue weighted by molar-refractivity contribution is -0.384. The van der Waals surface area contributed by atoms with Gasteiger partial charge in [0.15, 0.2) is 0 Å². The van der Waals surface area contributed by atoms with Gasteiger partial charge in [-0.15, -0.1) is 0 Å². The number of nitro groups is 1. The second-order valence-corrected chi connectivity index (χ2v) is 7.60. The van der Waals surface area contributed by atoms with Gasteiger partial charge in [-0.3, -0.25) is 14.9 Å². The second-order valence-electron chi connectivity index (χ2n) is 6.68. The first-order chi connectivity index (χ1) is 13.5. The third kappa shape index (κ3) is 3.70. The minimum absolute atomic E-state index is 0.0351. The van der Waals surface area contributed by atoms with E-state index in [4.69, 9.17) is 0 Å². The number of nitrogens with zero attached hydrogens (tertiary/aromatic N) is 4. The predicted octanol–water partition coefficient (Wildman–Crippen LogP) is 3.54. The molecule has 0 spiro atoms. The number of nitro benzene ring substituents is 1. The minimum atomic E-state index is -0.426. The van der Waals surface area contributed by atoms with E-state index in [1.807, 2.05) is 33.8 Å². The molecule has 0 saturated carbocycles. The third-order valence-corrected chi connectivity index (χ3v) is 5.25. The number of hydrogen-bond donors (Lipinski definition) is 1. The van der Waals surface area contributed by atoms with E-state index >= 15 is 0 Å². The maximum atomic E-state index is 12.5. The molecule has 144 valence electrons. The maximum Gasteiger partial charge on any atom is 0.293 e. The molecule has 0 unspecified atom stereocenters. The molecule has 8 nitrogen and oxygen atoms in total. The van der Waals surface area contributed by atoms with Crippen molar-refractivity contribution in [3.8, 4) is 0 Å². The van der Waals surface area contributed by atoms with Crippen molar-refractivity contribution in [2.24, 2.45) is 0 Å². The van der Waals surface area contributed by atoms with Crippen molar-refractivity contribution in [3.05, 3.63) is 68.6 Å². The first-order valence-corrected chi connectivity index (χ1v) is 9.75. The van der Waals surface area contributed by atoms with Gasteiger partial charge in [-0.25, -0.2) is 4.98 Å². The second kappa shape index (κ2) is 7.59. The van der Waals surface area contributed by atoms with Gasteiger partial charge in [-0.2, -0.15) is 0 Å². The van der Waals surface area contributed by atoms with E-state index in [2.05, 4.69) is 26.2 Å². The molecule has 1 fully saturated rings. The van der Waals surface area contributed by atoms with Crippen LogP contribution in [0.25, 0.3) is 5.65 Å². The van der Waals surface area contributed by atoms with E-state index in [0.717, 1.165) is 36.1 Å². The van der Waals surface area contributed by atoms with Gasteiger partial charge in [-0.05, 0) is 53.0 Å². The zero-order chi connectivity index (χ0) is 19.7. The Morgan fingerprint density at radius 2 is 2.00 bits per heavy atom. The summed E-state index contributed by atoms with van der Waals surface area (Å²) in [4.78, 5) is 30.0. The Bertz CT molecular complexity index is 1060. The van der Waals surface area contributed by atoms with Gasteiger partial charge in [0.05, 0.1) is 17.2 Å². The van der Waals surface area contributed by atoms with Crippen LogP contribution in [0.4, 0.5) is 11.4 Å². The molecule has 0 radical (unpaired) electrons. The van der Waals surface area contributed by atoms with Gasteiger partial charge in [0, 0.05) is 41.6 Å². The number of imidazole rings is 1. The number of carbonyl (C=O) groups is 1. The highest BCUT2D eigenvalue weighted by Gasteiger charge is 2.23. The normalized spacial score (nSPS) is 13.8. The van der Waals surface area contributed by atoms with Crippen molar-refractivity contribution in [2.45, 2.75) is 19.4 Å². The maximum absolute atomic E-state index is 12.5. The number of pyridine rings is 1. The van der Waals surface area contributed by atoms with Crippen LogP contribution < -0.4 is 10.2 Å². The van der Waals surface area contributed by atoms with Crippen LogP contribution in [0.3, 0.4) is 0 Å². The lowest BCUT2D eigenvalue weighted by Crippen LogP contribution is -2.24. The quantitative estimate of drug-likeness (QED) is 0.480. The lowest BCUT2D eigenvalue weighted by atomic mass is 10.1. The molecule has 1 aliphatic heterocycles. The molecule has 4 rings (SSSR count). The molecule has 28 heavy (non-hydrogen) atoms. The Morgan fingerprint density at radius 3 is 2.75 bits per heavy atom. The van der Waals surface area contributed by atoms with Gasteiger partial charge in [0.2, 0.25) is 0 Å². The van der Waals surface area contributed by atoms with Crippen LogP contribution in [0.1, 0.15) is 28.9 Å². The molecule has 1 aliphatic rings. The summed E-state index contributed by atoms with van der Waals surface area (Å²) in [5, 5.41) is 14.3. The fourth-order valence-electron chi connectivity index (χ4n) is 3.41. The van der Waals surface area contributed by atoms with E-state index in [1.54, 1.807) is 12.1 Å². The summed E-state index contributed by atoms with van der Waals surface area (Å²) in [6, 6.07) is 8.42. The standard InChI is InChI=1S/C19H18BrN5O3/c20-14-4-6-18-22-15(12-24(18)11-14)10-21-19(26)13-3-5-16(17(9-13)25(27)28)23-7-1-2-8-23/h3-6,9,11-12H,1-2,7-8,10H2,(H,21,26). The van der Waals surface area contributed by atoms with Gasteiger partial charge in [0.25, 0.3) is 11.6 Å². The smallest absolute Gasteiger partial charge is 0.293 e. The van der Waals surface area contributed by atoms with Crippen molar-refractivity contribution < 1.29 is 9.72 Å². The summed E-state index contributed by atoms with van der Waals surface area (Å²) < 4.78 is 2.79. The number of aromatic nitrogens is 2. The van der Waals surface area contributed by atoms with Crippen LogP contribution >= 0.6 is 15.9 Å². The van der Waals surface area contributed by atoms with E-state index in [9.17, 15) is 14.9 Å². The number of benzene rings is 1. The van der Waals surface area contributed by atoms with E-state index in [1.165, 1.54) is 6.07 Å². The lowest BCUT2D eigenvalue weighted by Gasteiger charge is -2.17. The first kappa shape index (κ1) is 18.4. The SMILES string of the molecule is O=C(NCc1cn2cc(Br)ccc2n1)c1ccc(N2CCCC2)c([N+](=O)[O-])c1. The Balaban J connectivity index is 1.50. The Hall–Kier alpha value is -2.94. The number of carbonyl (C=O) groups excluding carboxylic acids is 1. The number of fused-ring (bicyclic) bond motifs is 1. The average molecular weight is 444 g/mol. The third-order valence-electron chi connectivity index (χ3n) is 4.78. The zero-order valence-electron chi connectivity index (χ0n) is 15.0. The molecule has 1 aromatic carbocycles. The summed E-state index contributed by atoms with van der Waals surface area (Å²) in [7, 11) is 0. The van der Waals surface area contributed by atoms with Crippen LogP contribution in [0.2, 0.25) is 0 Å². The summed E-state index contributed by atoms with van der Waals surface area (Å²) in [5.41, 5.74) is 2.28. The minimum Gasteiger partial charge on any atom is -0.366 e. The molecule has 0 aliphatic carbocycles. The molecule has 3 heterocycles. The Morgan fingerprint density at radius 1 is 1.21 bits per heavy atom. The Kier molecular flexibility index (Phi) is 4.99. The van der Waals surface area contributed by atoms with Gasteiger partial charge in [-0.1, -0.05) is 0 Å². The number of rotatable bonds is 5. The molecule has 1 N–H and O–H groups in total. The summed E-state index contributed by atoms with van der Waals surface area (Å²) >= 11 is 3.41. The van der Waals surface area contributed by atoms with Crippen molar-refractivity contribution >= 4 is 38.9 Å².